The summed E-state index contributed by atoms with van der Waals surface area (Å²) in [5, 5.41) is 8.92. The molecule has 4 rings (SSSR count). The molecule has 1 atom stereocenters. The van der Waals surface area contributed by atoms with Crippen LogP contribution in [0.4, 0.5) is 0 Å². The summed E-state index contributed by atoms with van der Waals surface area (Å²) in [5.74, 6) is -2.56. The molecule has 0 spiro atoms. The number of unbranched alkanes of at least 4 members (excludes halogenated alkanes) is 6. The van der Waals surface area contributed by atoms with Crippen LogP contribution in [0.2, 0.25) is 0 Å². The zero-order valence-electron chi connectivity index (χ0n) is 23.0. The molecule has 6 amide bonds. The first-order valence-electron chi connectivity index (χ1n) is 14.2. The molecule has 2 heterocycles. The third-order valence-electron chi connectivity index (χ3n) is 7.43. The number of nitrogens with one attached hydrogen (secondary N) is 3. The average Bonchev–Trinajstić information content (AvgIpc) is 2.96. The number of ether oxygens (including phenoxy) is 1. The molecule has 1 fully saturated rings. The summed E-state index contributed by atoms with van der Waals surface area (Å²) in [6, 6.07) is 7.58. The highest BCUT2D eigenvalue weighted by molar-refractivity contribution is 6.27. The van der Waals surface area contributed by atoms with E-state index in [9.17, 15) is 28.8 Å². The molecule has 3 N–H and O–H groups in total. The molecule has 2 aliphatic heterocycles. The standard InChI is InChI=1S/C30H36N4O7/c35-19-31-15-6-4-2-1-3-5-7-16-32-25(37)18-41-17-21-12-11-20-9-8-10-22-26(20)27(21)30(40)34(29(22)39)23-13-14-24(36)33-28(23)38/h8-12,19,23H,1-7,13-18H2,(H,31,35)(H,32,37)(H,33,36,38). The van der Waals surface area contributed by atoms with Crippen LogP contribution in [0, 0.1) is 0 Å². The molecule has 2 aromatic rings. The molecule has 0 aliphatic carbocycles. The van der Waals surface area contributed by atoms with Gasteiger partial charge in [-0.2, -0.15) is 0 Å². The Morgan fingerprint density at radius 2 is 1.68 bits per heavy atom. The van der Waals surface area contributed by atoms with E-state index in [1.807, 2.05) is 0 Å². The van der Waals surface area contributed by atoms with Crippen LogP contribution in [-0.2, 0) is 30.5 Å². The topological polar surface area (TPSA) is 151 Å². The monoisotopic (exact) mass is 564 g/mol. The minimum atomic E-state index is -1.08. The summed E-state index contributed by atoms with van der Waals surface area (Å²) in [6.07, 6.45) is 8.12. The summed E-state index contributed by atoms with van der Waals surface area (Å²) < 4.78 is 5.66. The molecule has 218 valence electrons. The molecule has 0 bridgehead atoms. The third kappa shape index (κ3) is 7.35. The van der Waals surface area contributed by atoms with Gasteiger partial charge in [-0.05, 0) is 36.3 Å². The molecule has 2 aromatic carbocycles. The Morgan fingerprint density at radius 3 is 2.41 bits per heavy atom. The van der Waals surface area contributed by atoms with Gasteiger partial charge in [-0.15, -0.1) is 0 Å². The second kappa shape index (κ2) is 14.5. The van der Waals surface area contributed by atoms with E-state index >= 15 is 0 Å². The summed E-state index contributed by atoms with van der Waals surface area (Å²) in [6.45, 7) is 1.06. The van der Waals surface area contributed by atoms with Gasteiger partial charge in [0.05, 0.1) is 12.2 Å². The van der Waals surface area contributed by atoms with Crippen LogP contribution in [0.25, 0.3) is 10.8 Å². The van der Waals surface area contributed by atoms with E-state index in [2.05, 4.69) is 16.0 Å². The number of amides is 6. The highest BCUT2D eigenvalue weighted by Gasteiger charge is 2.43. The van der Waals surface area contributed by atoms with Gasteiger partial charge in [0, 0.05) is 30.5 Å². The number of carbonyl (C=O) groups is 6. The fraction of sp³-hybridized carbons (Fsp3) is 0.467. The first-order chi connectivity index (χ1) is 19.9. The van der Waals surface area contributed by atoms with Crippen LogP contribution in [0.3, 0.4) is 0 Å². The first kappa shape index (κ1) is 29.9. The highest BCUT2D eigenvalue weighted by atomic mass is 16.5. The third-order valence-corrected chi connectivity index (χ3v) is 7.43. The van der Waals surface area contributed by atoms with Crippen molar-refractivity contribution in [1.82, 2.24) is 20.9 Å². The van der Waals surface area contributed by atoms with Crippen molar-refractivity contribution < 1.29 is 33.5 Å². The van der Waals surface area contributed by atoms with E-state index in [4.69, 9.17) is 4.74 Å². The molecule has 0 radical (unpaired) electrons. The van der Waals surface area contributed by atoms with E-state index in [1.165, 1.54) is 0 Å². The van der Waals surface area contributed by atoms with Crippen LogP contribution >= 0.6 is 0 Å². The maximum absolute atomic E-state index is 13.7. The van der Waals surface area contributed by atoms with Gasteiger partial charge in [0.25, 0.3) is 11.8 Å². The van der Waals surface area contributed by atoms with Crippen LogP contribution < -0.4 is 16.0 Å². The lowest BCUT2D eigenvalue weighted by atomic mass is 9.89. The predicted molar refractivity (Wildman–Crippen MR) is 150 cm³/mol. The normalized spacial score (nSPS) is 16.6. The number of hydrogen-bond donors (Lipinski definition) is 3. The zero-order chi connectivity index (χ0) is 29.2. The number of imide groups is 2. The molecule has 11 heteroatoms. The van der Waals surface area contributed by atoms with Crippen molar-refractivity contribution in [3.05, 3.63) is 47.0 Å². The van der Waals surface area contributed by atoms with Gasteiger partial charge in [0.1, 0.15) is 12.6 Å². The van der Waals surface area contributed by atoms with Crippen LogP contribution in [0.15, 0.2) is 30.3 Å². The van der Waals surface area contributed by atoms with E-state index in [0.29, 0.717) is 28.4 Å². The number of benzene rings is 2. The first-order valence-corrected chi connectivity index (χ1v) is 14.2. The molecule has 0 saturated carbocycles. The lowest BCUT2D eigenvalue weighted by Gasteiger charge is -2.35. The minimum Gasteiger partial charge on any atom is -0.367 e. The van der Waals surface area contributed by atoms with E-state index < -0.39 is 29.7 Å². The van der Waals surface area contributed by atoms with Crippen LogP contribution in [-0.4, -0.2) is 66.6 Å². The minimum absolute atomic E-state index is 0.0293. The maximum atomic E-state index is 13.7. The zero-order valence-corrected chi connectivity index (χ0v) is 23.0. The van der Waals surface area contributed by atoms with Gasteiger partial charge in [0.2, 0.25) is 24.1 Å². The number of rotatable bonds is 16. The predicted octanol–water partition coefficient (Wildman–Crippen LogP) is 2.35. The second-order valence-electron chi connectivity index (χ2n) is 10.3. The molecule has 1 unspecified atom stereocenters. The van der Waals surface area contributed by atoms with Crippen molar-refractivity contribution in [3.8, 4) is 0 Å². The van der Waals surface area contributed by atoms with Crippen LogP contribution in [0.5, 0.6) is 0 Å². The molecule has 1 saturated heterocycles. The average molecular weight is 565 g/mol. The largest absolute Gasteiger partial charge is 0.367 e. The van der Waals surface area contributed by atoms with Gasteiger partial charge in [-0.3, -0.25) is 39.0 Å². The maximum Gasteiger partial charge on any atom is 0.262 e. The van der Waals surface area contributed by atoms with Crippen molar-refractivity contribution in [2.75, 3.05) is 19.7 Å². The second-order valence-corrected chi connectivity index (χ2v) is 10.3. The number of carbonyl (C=O) groups excluding carboxylic acids is 6. The van der Waals surface area contributed by atoms with Gasteiger partial charge in [-0.1, -0.05) is 56.4 Å². The Morgan fingerprint density at radius 1 is 0.951 bits per heavy atom. The van der Waals surface area contributed by atoms with Crippen LogP contribution in [0.1, 0.15) is 84.1 Å². The Hall–Kier alpha value is -4.12. The Balaban J connectivity index is 1.29. The van der Waals surface area contributed by atoms with Gasteiger partial charge in [-0.25, -0.2) is 0 Å². The summed E-state index contributed by atoms with van der Waals surface area (Å²) in [5.41, 5.74) is 1.08. The SMILES string of the molecule is O=CNCCCCCCCCCNC(=O)COCc1ccc2cccc3c2c1C(=O)N(C1CCC(=O)NC1=O)C3=O. The van der Waals surface area contributed by atoms with Crippen molar-refractivity contribution in [2.45, 2.75) is 70.4 Å². The van der Waals surface area contributed by atoms with E-state index in [-0.39, 0.29) is 37.5 Å². The van der Waals surface area contributed by atoms with E-state index in [0.717, 1.165) is 62.8 Å². The van der Waals surface area contributed by atoms with Gasteiger partial charge >= 0.3 is 0 Å². The number of nitrogens with zero attached hydrogens (tertiary/aromatic N) is 1. The fourth-order valence-electron chi connectivity index (χ4n) is 5.35. The van der Waals surface area contributed by atoms with Gasteiger partial charge in [0.15, 0.2) is 0 Å². The highest BCUT2D eigenvalue weighted by Crippen LogP contribution is 2.34. The fourth-order valence-corrected chi connectivity index (χ4v) is 5.35. The molecule has 41 heavy (non-hydrogen) atoms. The van der Waals surface area contributed by atoms with Gasteiger partial charge < -0.3 is 15.4 Å². The summed E-state index contributed by atoms with van der Waals surface area (Å²) in [7, 11) is 0. The molecule has 2 aliphatic rings. The van der Waals surface area contributed by atoms with Crippen molar-refractivity contribution in [2.24, 2.45) is 0 Å². The lowest BCUT2D eigenvalue weighted by molar-refractivity contribution is -0.136. The van der Waals surface area contributed by atoms with E-state index in [1.54, 1.807) is 30.3 Å². The number of piperidine rings is 1. The lowest BCUT2D eigenvalue weighted by Crippen LogP contribution is -2.57. The Kier molecular flexibility index (Phi) is 10.6. The molecule has 11 nitrogen and oxygen atoms in total. The quantitative estimate of drug-likeness (QED) is 0.161. The smallest absolute Gasteiger partial charge is 0.262 e. The van der Waals surface area contributed by atoms with Crippen molar-refractivity contribution in [1.29, 1.82) is 0 Å². The number of hydrogen-bond acceptors (Lipinski definition) is 7. The van der Waals surface area contributed by atoms with Crippen molar-refractivity contribution >= 4 is 46.7 Å². The summed E-state index contributed by atoms with van der Waals surface area (Å²) in [4.78, 5) is 74.6. The molecular formula is C30H36N4O7. The Labute approximate surface area is 238 Å². The Bertz CT molecular complexity index is 1330. The molecule has 0 aromatic heterocycles. The van der Waals surface area contributed by atoms with Crippen molar-refractivity contribution in [3.63, 3.8) is 0 Å². The molecular weight excluding hydrogens is 528 g/mol. The summed E-state index contributed by atoms with van der Waals surface area (Å²) >= 11 is 0.